The van der Waals surface area contributed by atoms with Crippen molar-refractivity contribution in [2.24, 2.45) is 0 Å². The Hall–Kier alpha value is -1.63. The summed E-state index contributed by atoms with van der Waals surface area (Å²) in [5.41, 5.74) is 2.32. The van der Waals surface area contributed by atoms with Gasteiger partial charge in [-0.25, -0.2) is 4.79 Å². The van der Waals surface area contributed by atoms with Gasteiger partial charge in [0.2, 0.25) is 0 Å². The van der Waals surface area contributed by atoms with E-state index in [4.69, 9.17) is 9.47 Å². The molecule has 1 aromatic rings. The predicted octanol–water partition coefficient (Wildman–Crippen LogP) is 3.06. The summed E-state index contributed by atoms with van der Waals surface area (Å²) in [4.78, 5) is 15.1. The summed E-state index contributed by atoms with van der Waals surface area (Å²) in [5, 5.41) is 6.19. The summed E-state index contributed by atoms with van der Waals surface area (Å²) in [6, 6.07) is 8.02. The van der Waals surface area contributed by atoms with E-state index >= 15 is 0 Å². The fourth-order valence-electron chi connectivity index (χ4n) is 4.42. The number of nitrogens with one attached hydrogen (secondary N) is 2. The van der Waals surface area contributed by atoms with E-state index in [0.717, 1.165) is 50.3 Å². The Morgan fingerprint density at radius 3 is 2.54 bits per heavy atom. The van der Waals surface area contributed by atoms with E-state index in [2.05, 4.69) is 21.6 Å². The van der Waals surface area contributed by atoms with Crippen LogP contribution in [-0.4, -0.2) is 55.9 Å². The fraction of sp³-hybridized carbons (Fsp3) is 0.682. The number of hydrogen-bond acceptors (Lipinski definition) is 4. The number of nitrogens with zero attached hydrogens (tertiary/aromatic N) is 1. The Morgan fingerprint density at radius 2 is 1.82 bits per heavy atom. The van der Waals surface area contributed by atoms with Gasteiger partial charge in [0.25, 0.3) is 0 Å². The molecule has 1 saturated heterocycles. The number of benzene rings is 1. The van der Waals surface area contributed by atoms with Crippen molar-refractivity contribution in [3.05, 3.63) is 35.4 Å². The molecule has 0 unspecified atom stereocenters. The van der Waals surface area contributed by atoms with Crippen LogP contribution in [0.2, 0.25) is 0 Å². The van der Waals surface area contributed by atoms with Crippen molar-refractivity contribution in [3.63, 3.8) is 0 Å². The van der Waals surface area contributed by atoms with Crippen molar-refractivity contribution in [2.75, 3.05) is 39.5 Å². The zero-order valence-electron chi connectivity index (χ0n) is 17.2. The van der Waals surface area contributed by atoms with Gasteiger partial charge in [-0.15, -0.1) is 0 Å². The summed E-state index contributed by atoms with van der Waals surface area (Å²) >= 11 is 0. The van der Waals surface area contributed by atoms with Crippen LogP contribution in [0.1, 0.15) is 50.2 Å². The second-order valence-electron chi connectivity index (χ2n) is 7.83. The monoisotopic (exact) mass is 389 g/mol. The lowest BCUT2D eigenvalue weighted by atomic mass is 9.80. The summed E-state index contributed by atoms with van der Waals surface area (Å²) in [6.45, 7) is 8.00. The number of rotatable bonds is 8. The van der Waals surface area contributed by atoms with Gasteiger partial charge in [0, 0.05) is 38.3 Å². The van der Waals surface area contributed by atoms with Gasteiger partial charge in [-0.1, -0.05) is 43.5 Å². The molecule has 28 heavy (non-hydrogen) atoms. The van der Waals surface area contributed by atoms with Crippen molar-refractivity contribution < 1.29 is 14.3 Å². The van der Waals surface area contributed by atoms with Crippen molar-refractivity contribution in [1.29, 1.82) is 0 Å². The number of hydrogen-bond donors (Lipinski definition) is 2. The van der Waals surface area contributed by atoms with E-state index in [9.17, 15) is 4.79 Å². The Labute approximate surface area is 169 Å². The van der Waals surface area contributed by atoms with Crippen LogP contribution in [0.15, 0.2) is 24.3 Å². The van der Waals surface area contributed by atoms with Crippen LogP contribution in [0.25, 0.3) is 0 Å². The van der Waals surface area contributed by atoms with Gasteiger partial charge >= 0.3 is 6.03 Å². The van der Waals surface area contributed by atoms with Crippen LogP contribution in [-0.2, 0) is 22.6 Å². The number of urea groups is 1. The molecule has 0 aromatic heterocycles. The molecular formula is C22H35N3O3. The van der Waals surface area contributed by atoms with E-state index in [-0.39, 0.29) is 11.6 Å². The molecule has 156 valence electrons. The first kappa shape index (κ1) is 21.1. The molecule has 3 rings (SSSR count). The average Bonchev–Trinajstić information content (AvgIpc) is 2.76. The lowest BCUT2D eigenvalue weighted by Crippen LogP contribution is -2.60. The molecular weight excluding hydrogens is 354 g/mol. The zero-order valence-corrected chi connectivity index (χ0v) is 17.2. The Bertz CT molecular complexity index is 611. The molecule has 1 aliphatic carbocycles. The summed E-state index contributed by atoms with van der Waals surface area (Å²) in [7, 11) is 0. The second-order valence-corrected chi connectivity index (χ2v) is 7.83. The van der Waals surface area contributed by atoms with Crippen molar-refractivity contribution >= 4 is 6.03 Å². The van der Waals surface area contributed by atoms with E-state index in [1.54, 1.807) is 0 Å². The quantitative estimate of drug-likeness (QED) is 0.717. The van der Waals surface area contributed by atoms with Crippen molar-refractivity contribution in [2.45, 2.75) is 57.7 Å². The topological polar surface area (TPSA) is 62.8 Å². The molecule has 6 heteroatoms. The highest BCUT2D eigenvalue weighted by Gasteiger charge is 2.38. The molecule has 2 fully saturated rings. The Morgan fingerprint density at radius 1 is 1.11 bits per heavy atom. The number of amides is 2. The van der Waals surface area contributed by atoms with Crippen molar-refractivity contribution in [3.8, 4) is 0 Å². The van der Waals surface area contributed by atoms with Crippen molar-refractivity contribution in [1.82, 2.24) is 15.5 Å². The van der Waals surface area contributed by atoms with Crippen LogP contribution < -0.4 is 10.6 Å². The molecule has 2 aliphatic rings. The number of carbonyl (C=O) groups is 1. The van der Waals surface area contributed by atoms with Gasteiger partial charge in [0.1, 0.15) is 0 Å². The number of carbonyl (C=O) groups excluding carboxylic acids is 1. The lowest BCUT2D eigenvalue weighted by molar-refractivity contribution is -0.0357. The normalized spacial score (nSPS) is 19.9. The molecule has 0 atom stereocenters. The molecule has 1 saturated carbocycles. The molecule has 1 heterocycles. The SMILES string of the molecule is CCOCc1ccccc1CNC(=O)NCC1(N2CCOCC2)CCCCC1. The Kier molecular flexibility index (Phi) is 8.13. The van der Waals surface area contributed by atoms with Gasteiger partial charge in [-0.05, 0) is 30.9 Å². The minimum absolute atomic E-state index is 0.0895. The van der Waals surface area contributed by atoms with Gasteiger partial charge < -0.3 is 20.1 Å². The maximum Gasteiger partial charge on any atom is 0.315 e. The van der Waals surface area contributed by atoms with Gasteiger partial charge in [-0.3, -0.25) is 4.90 Å². The standard InChI is InChI=1S/C22H35N3O3/c1-2-27-17-20-9-5-4-8-19(20)16-23-21(26)24-18-22(10-6-3-7-11-22)25-12-14-28-15-13-25/h4-5,8-9H,2-3,6-7,10-18H2,1H3,(H2,23,24,26). The van der Waals surface area contributed by atoms with Crippen LogP contribution >= 0.6 is 0 Å². The molecule has 0 radical (unpaired) electrons. The highest BCUT2D eigenvalue weighted by atomic mass is 16.5. The second kappa shape index (κ2) is 10.8. The van der Waals surface area contributed by atoms with Crippen LogP contribution in [0, 0.1) is 0 Å². The maximum atomic E-state index is 12.5. The number of morpholine rings is 1. The average molecular weight is 390 g/mol. The Balaban J connectivity index is 1.52. The molecule has 1 aromatic carbocycles. The minimum Gasteiger partial charge on any atom is -0.379 e. The maximum absolute atomic E-state index is 12.5. The predicted molar refractivity (Wildman–Crippen MR) is 110 cm³/mol. The van der Waals surface area contributed by atoms with Gasteiger partial charge in [-0.2, -0.15) is 0 Å². The molecule has 0 bridgehead atoms. The smallest absolute Gasteiger partial charge is 0.315 e. The highest BCUT2D eigenvalue weighted by Crippen LogP contribution is 2.33. The third-order valence-electron chi connectivity index (χ3n) is 6.06. The summed E-state index contributed by atoms with van der Waals surface area (Å²) < 4.78 is 11.1. The summed E-state index contributed by atoms with van der Waals surface area (Å²) in [6.07, 6.45) is 6.10. The van der Waals surface area contributed by atoms with E-state index in [1.807, 2.05) is 25.1 Å². The van der Waals surface area contributed by atoms with Gasteiger partial charge in [0.15, 0.2) is 0 Å². The largest absolute Gasteiger partial charge is 0.379 e. The third kappa shape index (κ3) is 5.69. The molecule has 1 aliphatic heterocycles. The molecule has 2 amide bonds. The van der Waals surface area contributed by atoms with Crippen LogP contribution in [0.4, 0.5) is 4.79 Å². The van der Waals surface area contributed by atoms with E-state index in [0.29, 0.717) is 26.3 Å². The molecule has 0 spiro atoms. The summed E-state index contributed by atoms with van der Waals surface area (Å²) in [5.74, 6) is 0. The van der Waals surface area contributed by atoms with Gasteiger partial charge in [0.05, 0.1) is 19.8 Å². The number of ether oxygens (including phenoxy) is 2. The first-order valence-electron chi connectivity index (χ1n) is 10.7. The first-order chi connectivity index (χ1) is 13.7. The lowest BCUT2D eigenvalue weighted by Gasteiger charge is -2.48. The fourth-order valence-corrected chi connectivity index (χ4v) is 4.42. The first-order valence-corrected chi connectivity index (χ1v) is 10.7. The minimum atomic E-state index is -0.0931. The van der Waals surface area contributed by atoms with E-state index < -0.39 is 0 Å². The highest BCUT2D eigenvalue weighted by molar-refractivity contribution is 5.74. The van der Waals surface area contributed by atoms with Crippen LogP contribution in [0.5, 0.6) is 0 Å². The van der Waals surface area contributed by atoms with Crippen LogP contribution in [0.3, 0.4) is 0 Å². The molecule has 2 N–H and O–H groups in total. The third-order valence-corrected chi connectivity index (χ3v) is 6.06. The van der Waals surface area contributed by atoms with E-state index in [1.165, 1.54) is 19.3 Å². The zero-order chi connectivity index (χ0) is 19.7. The molecule has 6 nitrogen and oxygen atoms in total.